The first-order chi connectivity index (χ1) is 17.4. The number of hydrogen-bond acceptors (Lipinski definition) is 6. The van der Waals surface area contributed by atoms with Gasteiger partial charge in [0.2, 0.25) is 0 Å². The van der Waals surface area contributed by atoms with Gasteiger partial charge in [0.15, 0.2) is 9.84 Å². The molecule has 1 fully saturated rings. The van der Waals surface area contributed by atoms with Gasteiger partial charge in [0.25, 0.3) is 5.91 Å². The Hall–Kier alpha value is -3.37. The van der Waals surface area contributed by atoms with Crippen molar-refractivity contribution in [3.63, 3.8) is 0 Å². The maximum atomic E-state index is 15.1. The molecule has 1 heterocycles. The quantitative estimate of drug-likeness (QED) is 0.432. The molecule has 3 aromatic rings. The monoisotopic (exact) mass is 529 g/mol. The van der Waals surface area contributed by atoms with Crippen LogP contribution in [0, 0.1) is 11.6 Å². The number of sulfone groups is 1. The molecule has 37 heavy (non-hydrogen) atoms. The van der Waals surface area contributed by atoms with Gasteiger partial charge in [-0.25, -0.2) is 22.2 Å². The average molecular weight is 530 g/mol. The number of rotatable bonds is 6. The number of hydrogen-bond donors (Lipinski definition) is 3. The molecule has 2 aromatic carbocycles. The van der Waals surface area contributed by atoms with E-state index < -0.39 is 33.4 Å². The Kier molecular flexibility index (Phi) is 7.61. The number of pyridine rings is 1. The second-order valence-corrected chi connectivity index (χ2v) is 11.6. The van der Waals surface area contributed by atoms with Crippen molar-refractivity contribution >= 4 is 21.6 Å². The van der Waals surface area contributed by atoms with Gasteiger partial charge in [0.05, 0.1) is 22.6 Å². The second kappa shape index (κ2) is 10.5. The van der Waals surface area contributed by atoms with Crippen LogP contribution in [0.2, 0.25) is 0 Å². The summed E-state index contributed by atoms with van der Waals surface area (Å²) in [5, 5.41) is 12.4. The van der Waals surface area contributed by atoms with Gasteiger partial charge in [-0.1, -0.05) is 6.07 Å². The summed E-state index contributed by atoms with van der Waals surface area (Å²) < 4.78 is 52.7. The lowest BCUT2D eigenvalue weighted by atomic mass is 9.83. The number of nitrogens with one attached hydrogen (secondary N) is 1. The summed E-state index contributed by atoms with van der Waals surface area (Å²) in [5.41, 5.74) is 8.08. The fraction of sp³-hybridized carbons (Fsp3) is 0.333. The van der Waals surface area contributed by atoms with Gasteiger partial charge >= 0.3 is 0 Å². The number of carbonyl (C=O) groups is 1. The van der Waals surface area contributed by atoms with E-state index >= 15 is 4.39 Å². The summed E-state index contributed by atoms with van der Waals surface area (Å²) in [6, 6.07) is 8.52. The Bertz CT molecular complexity index is 1440. The first kappa shape index (κ1) is 26.7. The molecule has 196 valence electrons. The lowest BCUT2D eigenvalue weighted by Crippen LogP contribution is -2.27. The first-order valence-corrected chi connectivity index (χ1v) is 13.9. The van der Waals surface area contributed by atoms with E-state index in [4.69, 9.17) is 5.73 Å². The van der Waals surface area contributed by atoms with Crippen molar-refractivity contribution in [3.8, 4) is 11.1 Å². The van der Waals surface area contributed by atoms with Crippen molar-refractivity contribution in [3.05, 3.63) is 77.0 Å². The van der Waals surface area contributed by atoms with Crippen LogP contribution < -0.4 is 11.1 Å². The zero-order valence-corrected chi connectivity index (χ0v) is 21.4. The van der Waals surface area contributed by atoms with Crippen molar-refractivity contribution in [2.45, 2.75) is 55.6 Å². The molecule has 0 bridgehead atoms. The fourth-order valence-electron chi connectivity index (χ4n) is 4.63. The van der Waals surface area contributed by atoms with E-state index in [1.165, 1.54) is 18.2 Å². The summed E-state index contributed by atoms with van der Waals surface area (Å²) >= 11 is 0. The Morgan fingerprint density at radius 1 is 1.11 bits per heavy atom. The molecule has 0 spiro atoms. The van der Waals surface area contributed by atoms with Crippen LogP contribution in [0.5, 0.6) is 0 Å². The lowest BCUT2D eigenvalue weighted by molar-refractivity contribution is 0.0935. The summed E-state index contributed by atoms with van der Waals surface area (Å²) in [6.45, 7) is 1.55. The van der Waals surface area contributed by atoms with Gasteiger partial charge in [-0.15, -0.1) is 0 Å². The topological polar surface area (TPSA) is 122 Å². The highest BCUT2D eigenvalue weighted by Crippen LogP contribution is 2.36. The predicted octanol–water partition coefficient (Wildman–Crippen LogP) is 4.52. The number of aliphatic hydroxyl groups excluding tert-OH is 1. The van der Waals surface area contributed by atoms with Gasteiger partial charge in [-0.05, 0) is 91.6 Å². The van der Waals surface area contributed by atoms with Crippen LogP contribution in [-0.4, -0.2) is 36.8 Å². The molecular formula is C27H29F2N3O4S. The predicted molar refractivity (Wildman–Crippen MR) is 137 cm³/mol. The number of amides is 1. The number of aromatic nitrogens is 1. The van der Waals surface area contributed by atoms with E-state index in [0.717, 1.165) is 36.8 Å². The standard InChI is InChI=1S/C27H29F2N3O4S/c1-15(18-9-20(28)13-22(10-18)37(2,35)36)32-27(34)23-8-5-17(12-25(23)29)24-11-19(14-31-26(24)30)16-3-6-21(33)7-4-16/h5,8-16,21,33H,3-4,6-7H2,1-2H3,(H2,30,31)(H,32,34)/t15-,16?,21?/m1/s1. The van der Waals surface area contributed by atoms with Crippen LogP contribution in [0.1, 0.15) is 66.1 Å². The molecule has 4 rings (SSSR count). The molecule has 0 radical (unpaired) electrons. The Morgan fingerprint density at radius 3 is 2.46 bits per heavy atom. The fourth-order valence-corrected chi connectivity index (χ4v) is 5.30. The third-order valence-electron chi connectivity index (χ3n) is 6.80. The first-order valence-electron chi connectivity index (χ1n) is 12.0. The van der Waals surface area contributed by atoms with Gasteiger partial charge in [-0.3, -0.25) is 4.79 Å². The van der Waals surface area contributed by atoms with Crippen LogP contribution in [0.15, 0.2) is 53.6 Å². The highest BCUT2D eigenvalue weighted by atomic mass is 32.2. The van der Waals surface area contributed by atoms with Crippen molar-refractivity contribution in [2.24, 2.45) is 0 Å². The minimum atomic E-state index is -3.66. The molecule has 1 amide bonds. The molecule has 7 nitrogen and oxygen atoms in total. The number of nitrogen functional groups attached to an aromatic ring is 1. The third kappa shape index (κ3) is 6.14. The molecule has 1 atom stereocenters. The van der Waals surface area contributed by atoms with E-state index in [2.05, 4.69) is 10.3 Å². The molecular weight excluding hydrogens is 500 g/mol. The number of carbonyl (C=O) groups excluding carboxylic acids is 1. The van der Waals surface area contributed by atoms with Gasteiger partial charge in [0, 0.05) is 18.0 Å². The molecule has 0 aliphatic heterocycles. The molecule has 10 heteroatoms. The van der Waals surface area contributed by atoms with Crippen LogP contribution in [0.25, 0.3) is 11.1 Å². The average Bonchev–Trinajstić information content (AvgIpc) is 2.84. The molecule has 0 unspecified atom stereocenters. The minimum absolute atomic E-state index is 0.211. The van der Waals surface area contributed by atoms with Crippen LogP contribution in [0.4, 0.5) is 14.6 Å². The number of halogens is 2. The maximum absolute atomic E-state index is 15.1. The SMILES string of the molecule is C[C@@H](NC(=O)c1ccc(-c2cc(C3CCC(O)CC3)cnc2N)cc1F)c1cc(F)cc(S(C)(=O)=O)c1. The number of nitrogens with zero attached hydrogens (tertiary/aromatic N) is 1. The summed E-state index contributed by atoms with van der Waals surface area (Å²) in [6.07, 6.45) is 5.48. The Morgan fingerprint density at radius 2 is 1.81 bits per heavy atom. The minimum Gasteiger partial charge on any atom is -0.393 e. The summed E-state index contributed by atoms with van der Waals surface area (Å²) in [4.78, 5) is 16.9. The van der Waals surface area contributed by atoms with Crippen molar-refractivity contribution in [2.75, 3.05) is 12.0 Å². The zero-order chi connectivity index (χ0) is 26.9. The van der Waals surface area contributed by atoms with E-state index in [1.807, 2.05) is 6.07 Å². The number of anilines is 1. The maximum Gasteiger partial charge on any atom is 0.254 e. The normalized spacial score (nSPS) is 18.8. The Labute approximate surface area is 214 Å². The second-order valence-electron chi connectivity index (χ2n) is 9.59. The molecule has 1 aliphatic rings. The van der Waals surface area contributed by atoms with E-state index in [1.54, 1.807) is 19.2 Å². The number of nitrogens with two attached hydrogens (primary N) is 1. The third-order valence-corrected chi connectivity index (χ3v) is 7.89. The smallest absolute Gasteiger partial charge is 0.254 e. The zero-order valence-electron chi connectivity index (χ0n) is 20.5. The molecule has 1 saturated carbocycles. The molecule has 4 N–H and O–H groups in total. The summed E-state index contributed by atoms with van der Waals surface area (Å²) in [7, 11) is -3.66. The number of benzene rings is 2. The highest BCUT2D eigenvalue weighted by Gasteiger charge is 2.23. The van der Waals surface area contributed by atoms with Gasteiger partial charge in [0.1, 0.15) is 17.5 Å². The van der Waals surface area contributed by atoms with Crippen LogP contribution in [0.3, 0.4) is 0 Å². The molecule has 1 aromatic heterocycles. The summed E-state index contributed by atoms with van der Waals surface area (Å²) in [5.74, 6) is -1.80. The van der Waals surface area contributed by atoms with Gasteiger partial charge in [-0.2, -0.15) is 0 Å². The van der Waals surface area contributed by atoms with E-state index in [9.17, 15) is 22.7 Å². The highest BCUT2D eigenvalue weighted by molar-refractivity contribution is 7.90. The van der Waals surface area contributed by atoms with Crippen molar-refractivity contribution in [1.82, 2.24) is 10.3 Å². The molecule has 0 saturated heterocycles. The van der Waals surface area contributed by atoms with Crippen LogP contribution in [-0.2, 0) is 9.84 Å². The van der Waals surface area contributed by atoms with Crippen molar-refractivity contribution < 1.29 is 27.1 Å². The Balaban J connectivity index is 1.54. The van der Waals surface area contributed by atoms with Gasteiger partial charge < -0.3 is 16.2 Å². The largest absolute Gasteiger partial charge is 0.393 e. The van der Waals surface area contributed by atoms with E-state index in [0.29, 0.717) is 24.0 Å². The van der Waals surface area contributed by atoms with E-state index in [-0.39, 0.29) is 33.9 Å². The van der Waals surface area contributed by atoms with Crippen molar-refractivity contribution in [1.29, 1.82) is 0 Å². The lowest BCUT2D eigenvalue weighted by Gasteiger charge is -2.26. The van der Waals surface area contributed by atoms with Crippen LogP contribution >= 0.6 is 0 Å². The molecule has 1 aliphatic carbocycles. The number of aliphatic hydroxyl groups is 1.